The second kappa shape index (κ2) is 8.64. The second-order valence-corrected chi connectivity index (χ2v) is 5.91. The fourth-order valence-electron chi connectivity index (χ4n) is 2.74. The van der Waals surface area contributed by atoms with E-state index in [4.69, 9.17) is 18.9 Å². The van der Waals surface area contributed by atoms with Gasteiger partial charge in [-0.05, 0) is 0 Å². The third kappa shape index (κ3) is 4.84. The van der Waals surface area contributed by atoms with E-state index in [2.05, 4.69) is 0 Å². The lowest BCUT2D eigenvalue weighted by Gasteiger charge is -2.23. The van der Waals surface area contributed by atoms with Gasteiger partial charge >= 0.3 is 29.2 Å². The average Bonchev–Trinajstić information content (AvgIpc) is 2.89. The molecule has 4 atom stereocenters. The molecule has 0 aliphatic carbocycles. The summed E-state index contributed by atoms with van der Waals surface area (Å²) in [5.74, 6) is -2.29. The number of ether oxygens (including phenoxy) is 4. The van der Waals surface area contributed by atoms with Crippen molar-refractivity contribution in [3.8, 4) is 0 Å². The Balaban J connectivity index is 2.54. The van der Waals surface area contributed by atoms with Crippen LogP contribution in [-0.4, -0.2) is 57.1 Å². The van der Waals surface area contributed by atoms with Gasteiger partial charge in [-0.25, -0.2) is 14.9 Å². The number of aromatic nitrogens is 2. The van der Waals surface area contributed by atoms with Crippen molar-refractivity contribution in [2.24, 2.45) is 0 Å². The van der Waals surface area contributed by atoms with Crippen molar-refractivity contribution in [2.45, 2.75) is 45.3 Å². The van der Waals surface area contributed by atoms with Gasteiger partial charge in [-0.2, -0.15) is 0 Å². The summed E-state index contributed by atoms with van der Waals surface area (Å²) < 4.78 is 21.0. The molecular weight excluding hydrogens is 398 g/mol. The van der Waals surface area contributed by atoms with E-state index >= 15 is 0 Å². The zero-order valence-electron chi connectivity index (χ0n) is 15.5. The molecule has 0 spiro atoms. The maximum absolute atomic E-state index is 12.4. The Kier molecular flexibility index (Phi) is 6.48. The quantitative estimate of drug-likeness (QED) is 0.226. The van der Waals surface area contributed by atoms with E-state index in [1.165, 1.54) is 0 Å². The van der Waals surface area contributed by atoms with Crippen LogP contribution in [0.2, 0.25) is 0 Å². The molecule has 0 amide bonds. The van der Waals surface area contributed by atoms with Crippen LogP contribution in [0.1, 0.15) is 27.0 Å². The van der Waals surface area contributed by atoms with E-state index in [1.54, 1.807) is 0 Å². The first kappa shape index (κ1) is 21.7. The molecule has 1 aromatic rings. The zero-order chi connectivity index (χ0) is 21.9. The van der Waals surface area contributed by atoms with E-state index in [0.717, 1.165) is 33.0 Å². The lowest BCUT2D eigenvalue weighted by molar-refractivity contribution is -0.549. The summed E-state index contributed by atoms with van der Waals surface area (Å²) in [6, 6.07) is 0.735. The minimum Gasteiger partial charge on any atom is -0.463 e. The molecular formula is C15H17N3O11. The summed E-state index contributed by atoms with van der Waals surface area (Å²) in [7, 11) is 0. The molecule has 0 aromatic carbocycles. The Morgan fingerprint density at radius 3 is 2.21 bits per heavy atom. The first-order valence-corrected chi connectivity index (χ1v) is 8.15. The van der Waals surface area contributed by atoms with Crippen molar-refractivity contribution in [2.75, 3.05) is 6.61 Å². The number of rotatable bonds is 6. The Hall–Kier alpha value is -3.55. The van der Waals surface area contributed by atoms with Crippen molar-refractivity contribution in [3.05, 3.63) is 43.2 Å². The van der Waals surface area contributed by atoms with Gasteiger partial charge in [0.2, 0.25) is 0 Å². The second-order valence-electron chi connectivity index (χ2n) is 5.91. The molecule has 158 valence electrons. The molecule has 0 saturated carbocycles. The summed E-state index contributed by atoms with van der Waals surface area (Å²) >= 11 is 0. The summed E-state index contributed by atoms with van der Waals surface area (Å²) in [5.41, 5.74) is -2.59. The van der Waals surface area contributed by atoms with Gasteiger partial charge in [-0.3, -0.25) is 23.7 Å². The summed E-state index contributed by atoms with van der Waals surface area (Å²) in [6.45, 7) is 2.81. The molecule has 14 nitrogen and oxygen atoms in total. The van der Waals surface area contributed by atoms with Crippen molar-refractivity contribution >= 4 is 17.9 Å². The van der Waals surface area contributed by atoms with Crippen molar-refractivity contribution in [1.82, 2.24) is 9.24 Å². The van der Waals surface area contributed by atoms with Crippen LogP contribution in [0.5, 0.6) is 0 Å². The van der Waals surface area contributed by atoms with E-state index in [1.807, 2.05) is 0 Å². The standard InChI is InChI=1S/C15H17N3O11/c1-7(19)26-6-10-12(27-8(2)20)13(28-9(3)21)14(29-10)16-5-4-11(22)17(15(16)23)18(24)25/h4-5,10,12-14H,6H2,1-3H3/t10-,12-,13-,14-/m1/s1. The first-order valence-electron chi connectivity index (χ1n) is 8.15. The maximum Gasteiger partial charge on any atom is 0.394 e. The molecule has 1 saturated heterocycles. The number of carbonyl (C=O) groups is 3. The topological polar surface area (TPSA) is 175 Å². The van der Waals surface area contributed by atoms with Gasteiger partial charge in [-0.1, -0.05) is 0 Å². The lowest BCUT2D eigenvalue weighted by atomic mass is 10.1. The van der Waals surface area contributed by atoms with E-state index in [0.29, 0.717) is 4.57 Å². The molecule has 0 N–H and O–H groups in total. The predicted octanol–water partition coefficient (Wildman–Crippen LogP) is -1.63. The summed E-state index contributed by atoms with van der Waals surface area (Å²) in [4.78, 5) is 69.2. The number of nitrogens with zero attached hydrogens (tertiary/aromatic N) is 3. The number of nitro groups is 1. The largest absolute Gasteiger partial charge is 0.463 e. The van der Waals surface area contributed by atoms with E-state index in [9.17, 15) is 34.1 Å². The molecule has 29 heavy (non-hydrogen) atoms. The molecule has 1 aliphatic rings. The highest BCUT2D eigenvalue weighted by atomic mass is 16.7. The van der Waals surface area contributed by atoms with Gasteiger partial charge in [0, 0.05) is 37.7 Å². The minimum absolute atomic E-state index is 0.269. The van der Waals surface area contributed by atoms with Crippen molar-refractivity contribution < 1.29 is 38.4 Å². The molecule has 1 aromatic heterocycles. The van der Waals surface area contributed by atoms with Gasteiger partial charge in [0.05, 0.1) is 0 Å². The molecule has 14 heteroatoms. The maximum atomic E-state index is 12.4. The average molecular weight is 415 g/mol. The third-order valence-corrected chi connectivity index (χ3v) is 3.77. The van der Waals surface area contributed by atoms with E-state index < -0.39 is 65.3 Å². The van der Waals surface area contributed by atoms with Gasteiger partial charge in [0.15, 0.2) is 23.5 Å². The lowest BCUT2D eigenvalue weighted by Crippen LogP contribution is -2.46. The van der Waals surface area contributed by atoms with Crippen LogP contribution in [0.3, 0.4) is 0 Å². The smallest absolute Gasteiger partial charge is 0.394 e. The first-order chi connectivity index (χ1) is 13.5. The third-order valence-electron chi connectivity index (χ3n) is 3.77. The van der Waals surface area contributed by atoms with Crippen LogP contribution < -0.4 is 11.2 Å². The Labute approximate surface area is 161 Å². The Morgan fingerprint density at radius 1 is 1.10 bits per heavy atom. The molecule has 1 aliphatic heterocycles. The molecule has 0 unspecified atom stereocenters. The van der Waals surface area contributed by atoms with Crippen LogP contribution >= 0.6 is 0 Å². The highest BCUT2D eigenvalue weighted by molar-refractivity contribution is 5.67. The van der Waals surface area contributed by atoms with Gasteiger partial charge in [0.25, 0.3) is 0 Å². The monoisotopic (exact) mass is 415 g/mol. The molecule has 2 heterocycles. The Bertz CT molecular complexity index is 950. The number of hydrogen-bond acceptors (Lipinski definition) is 11. The highest BCUT2D eigenvalue weighted by Gasteiger charge is 2.51. The normalized spacial score (nSPS) is 23.3. The van der Waals surface area contributed by atoms with E-state index in [-0.39, 0.29) is 4.68 Å². The molecule has 0 radical (unpaired) electrons. The van der Waals surface area contributed by atoms with Gasteiger partial charge in [0.1, 0.15) is 12.7 Å². The zero-order valence-corrected chi connectivity index (χ0v) is 15.5. The number of esters is 3. The SMILES string of the molecule is CC(=O)OC[C@H]1O[C@@H](n2ccc(=O)n([N+](=O)[O-])c2=O)[C@H](OC(C)=O)[C@@H]1OC(C)=O. The Morgan fingerprint density at radius 2 is 1.69 bits per heavy atom. The fourth-order valence-corrected chi connectivity index (χ4v) is 2.74. The predicted molar refractivity (Wildman–Crippen MR) is 89.0 cm³/mol. The highest BCUT2D eigenvalue weighted by Crippen LogP contribution is 2.33. The van der Waals surface area contributed by atoms with Crippen molar-refractivity contribution in [1.29, 1.82) is 0 Å². The van der Waals surface area contributed by atoms with Crippen LogP contribution in [-0.2, 0) is 33.3 Å². The van der Waals surface area contributed by atoms with Gasteiger partial charge in [-0.15, -0.1) is 0 Å². The summed E-state index contributed by atoms with van der Waals surface area (Å²) in [5, 5.41) is 9.80. The summed E-state index contributed by atoms with van der Waals surface area (Å²) in [6.07, 6.45) is -4.50. The van der Waals surface area contributed by atoms with Crippen LogP contribution in [0.15, 0.2) is 21.9 Å². The molecule has 2 rings (SSSR count). The van der Waals surface area contributed by atoms with Crippen LogP contribution in [0, 0.1) is 10.1 Å². The molecule has 0 bridgehead atoms. The molecule has 1 fully saturated rings. The van der Waals surface area contributed by atoms with Gasteiger partial charge < -0.3 is 18.9 Å². The van der Waals surface area contributed by atoms with Crippen molar-refractivity contribution in [3.63, 3.8) is 0 Å². The number of carbonyl (C=O) groups excluding carboxylic acids is 3. The fraction of sp³-hybridized carbons (Fsp3) is 0.533. The van der Waals surface area contributed by atoms with Crippen LogP contribution in [0.4, 0.5) is 0 Å². The number of hydrogen-bond donors (Lipinski definition) is 0. The minimum atomic E-state index is -1.51. The van der Waals surface area contributed by atoms with Crippen LogP contribution in [0.25, 0.3) is 0 Å².